The lowest BCUT2D eigenvalue weighted by Crippen LogP contribution is -2.22. The van der Waals surface area contributed by atoms with Gasteiger partial charge in [-0.3, -0.25) is 0 Å². The topological polar surface area (TPSA) is 37.5 Å². The first-order chi connectivity index (χ1) is 13.6. The fourth-order valence-electron chi connectivity index (χ4n) is 4.84. The summed E-state index contributed by atoms with van der Waals surface area (Å²) in [6, 6.07) is 8.47. The molecule has 1 atom stereocenters. The Bertz CT molecular complexity index is 1000. The Labute approximate surface area is 163 Å². The lowest BCUT2D eigenvalue weighted by atomic mass is 9.75. The number of aliphatic hydroxyl groups is 1. The van der Waals surface area contributed by atoms with Crippen LogP contribution >= 0.6 is 0 Å². The molecule has 2 aromatic heterocycles. The van der Waals surface area contributed by atoms with Crippen molar-refractivity contribution < 1.29 is 13.9 Å². The first-order valence-corrected chi connectivity index (χ1v) is 10.2. The first-order valence-electron chi connectivity index (χ1n) is 10.2. The highest BCUT2D eigenvalue weighted by Crippen LogP contribution is 2.47. The number of rotatable bonds is 4. The maximum absolute atomic E-state index is 13.6. The van der Waals surface area contributed by atoms with E-state index in [4.69, 9.17) is 0 Å². The lowest BCUT2D eigenvalue weighted by Gasteiger charge is -2.33. The van der Waals surface area contributed by atoms with Crippen LogP contribution in [0.5, 0.6) is 0 Å². The Hall–Kier alpha value is -2.27. The summed E-state index contributed by atoms with van der Waals surface area (Å²) in [4.78, 5) is 4.26. The van der Waals surface area contributed by atoms with E-state index in [2.05, 4.69) is 17.1 Å². The molecular weight excluding hydrogens is 358 g/mol. The predicted octanol–water partition coefficient (Wildman–Crippen LogP) is 5.50. The van der Waals surface area contributed by atoms with Gasteiger partial charge in [-0.15, -0.1) is 0 Å². The van der Waals surface area contributed by atoms with Gasteiger partial charge in [0.2, 0.25) is 0 Å². The monoisotopic (exact) mass is 382 g/mol. The van der Waals surface area contributed by atoms with E-state index >= 15 is 0 Å². The van der Waals surface area contributed by atoms with Crippen molar-refractivity contribution in [2.45, 2.75) is 56.5 Å². The standard InChI is InChI=1S/C23H24F2N2O/c24-20-10-7-17(11-21(20)25)14-1-5-16(6-2-14)23(28)22-19(15-3-4-15)9-8-18-12-26-13-27(18)22/h7-16,23,28H,1-6H2/t14?,16?,23-/m1/s1. The Kier molecular flexibility index (Phi) is 4.43. The number of benzene rings is 1. The second-order valence-corrected chi connectivity index (χ2v) is 8.37. The van der Waals surface area contributed by atoms with Gasteiger partial charge in [0.25, 0.3) is 0 Å². The minimum atomic E-state index is -0.797. The summed E-state index contributed by atoms with van der Waals surface area (Å²) < 4.78 is 28.8. The van der Waals surface area contributed by atoms with Crippen molar-refractivity contribution in [3.63, 3.8) is 0 Å². The van der Waals surface area contributed by atoms with Crippen molar-refractivity contribution in [1.29, 1.82) is 0 Å². The molecule has 28 heavy (non-hydrogen) atoms. The van der Waals surface area contributed by atoms with Crippen LogP contribution < -0.4 is 0 Å². The molecular formula is C23H24F2N2O. The van der Waals surface area contributed by atoms with E-state index in [0.717, 1.165) is 42.5 Å². The van der Waals surface area contributed by atoms with Crippen molar-refractivity contribution in [2.24, 2.45) is 5.92 Å². The van der Waals surface area contributed by atoms with Crippen molar-refractivity contribution in [2.75, 3.05) is 0 Å². The van der Waals surface area contributed by atoms with Crippen molar-refractivity contribution in [3.8, 4) is 0 Å². The van der Waals surface area contributed by atoms with Crippen LogP contribution in [0.1, 0.15) is 73.3 Å². The fourth-order valence-corrected chi connectivity index (χ4v) is 4.84. The molecule has 1 N–H and O–H groups in total. The molecule has 0 radical (unpaired) electrons. The third-order valence-corrected chi connectivity index (χ3v) is 6.59. The number of aromatic nitrogens is 2. The van der Waals surface area contributed by atoms with Gasteiger partial charge >= 0.3 is 0 Å². The van der Waals surface area contributed by atoms with Gasteiger partial charge < -0.3 is 9.51 Å². The number of pyridine rings is 1. The molecule has 0 saturated heterocycles. The van der Waals surface area contributed by atoms with Gasteiger partial charge in [-0.25, -0.2) is 13.8 Å². The molecule has 0 amide bonds. The van der Waals surface area contributed by atoms with Gasteiger partial charge in [-0.2, -0.15) is 0 Å². The summed E-state index contributed by atoms with van der Waals surface area (Å²) in [7, 11) is 0. The minimum Gasteiger partial charge on any atom is -0.387 e. The maximum atomic E-state index is 13.6. The van der Waals surface area contributed by atoms with Gasteiger partial charge in [0.1, 0.15) is 0 Å². The van der Waals surface area contributed by atoms with Gasteiger partial charge in [0.05, 0.1) is 29.8 Å². The summed E-state index contributed by atoms with van der Waals surface area (Å²) in [5.74, 6) is -0.623. The quantitative estimate of drug-likeness (QED) is 0.647. The van der Waals surface area contributed by atoms with E-state index in [1.54, 1.807) is 12.4 Å². The van der Waals surface area contributed by atoms with E-state index in [0.29, 0.717) is 5.92 Å². The average Bonchev–Trinajstić information content (AvgIpc) is 3.45. The second-order valence-electron chi connectivity index (χ2n) is 8.37. The van der Waals surface area contributed by atoms with Crippen molar-refractivity contribution >= 4 is 5.52 Å². The largest absolute Gasteiger partial charge is 0.387 e. The number of fused-ring (bicyclic) bond motifs is 1. The molecule has 5 rings (SSSR count). The third kappa shape index (κ3) is 3.12. The number of imidazole rings is 1. The Balaban J connectivity index is 1.37. The number of hydrogen-bond acceptors (Lipinski definition) is 2. The van der Waals surface area contributed by atoms with Crippen LogP contribution in [0.3, 0.4) is 0 Å². The fraction of sp³-hybridized carbons (Fsp3) is 0.435. The van der Waals surface area contributed by atoms with Crippen LogP contribution in [0.4, 0.5) is 8.78 Å². The maximum Gasteiger partial charge on any atom is 0.159 e. The SMILES string of the molecule is O[C@@H](c1c(C2CC2)ccc2cncn12)C1CCC(c2ccc(F)c(F)c2)CC1. The number of hydrogen-bond donors (Lipinski definition) is 1. The van der Waals surface area contributed by atoms with Gasteiger partial charge in [0, 0.05) is 0 Å². The number of nitrogens with zero attached hydrogens (tertiary/aromatic N) is 2. The summed E-state index contributed by atoms with van der Waals surface area (Å²) in [5.41, 5.74) is 4.12. The molecule has 3 aromatic rings. The molecule has 2 saturated carbocycles. The minimum absolute atomic E-state index is 0.173. The van der Waals surface area contributed by atoms with Gasteiger partial charge in [-0.1, -0.05) is 12.1 Å². The average molecular weight is 382 g/mol. The highest BCUT2D eigenvalue weighted by molar-refractivity contribution is 5.50. The van der Waals surface area contributed by atoms with Gasteiger partial charge in [0.15, 0.2) is 11.6 Å². The highest BCUT2D eigenvalue weighted by Gasteiger charge is 2.34. The van der Waals surface area contributed by atoms with E-state index < -0.39 is 17.7 Å². The molecule has 2 aliphatic carbocycles. The summed E-state index contributed by atoms with van der Waals surface area (Å²) in [5, 5.41) is 11.3. The summed E-state index contributed by atoms with van der Waals surface area (Å²) >= 11 is 0. The van der Waals surface area contributed by atoms with E-state index in [9.17, 15) is 13.9 Å². The van der Waals surface area contributed by atoms with Crippen molar-refractivity contribution in [3.05, 3.63) is 71.3 Å². The number of aliphatic hydroxyl groups excluding tert-OH is 1. The molecule has 3 nitrogen and oxygen atoms in total. The smallest absolute Gasteiger partial charge is 0.159 e. The zero-order valence-electron chi connectivity index (χ0n) is 15.7. The molecule has 0 aliphatic heterocycles. The van der Waals surface area contributed by atoms with Gasteiger partial charge in [-0.05, 0) is 85.6 Å². The molecule has 0 spiro atoms. The summed E-state index contributed by atoms with van der Waals surface area (Å²) in [6.07, 6.45) is 8.97. The Morgan fingerprint density at radius 1 is 0.929 bits per heavy atom. The molecule has 146 valence electrons. The highest BCUT2D eigenvalue weighted by atomic mass is 19.2. The Morgan fingerprint density at radius 3 is 2.39 bits per heavy atom. The molecule has 1 aromatic carbocycles. The molecule has 0 bridgehead atoms. The zero-order chi connectivity index (χ0) is 19.3. The first kappa shape index (κ1) is 17.8. The van der Waals surface area contributed by atoms with E-state index in [1.165, 1.54) is 30.5 Å². The summed E-state index contributed by atoms with van der Waals surface area (Å²) in [6.45, 7) is 0. The van der Waals surface area contributed by atoms with Crippen LogP contribution in [0, 0.1) is 17.6 Å². The molecule has 5 heteroatoms. The Morgan fingerprint density at radius 2 is 1.68 bits per heavy atom. The van der Waals surface area contributed by atoms with E-state index in [1.807, 2.05) is 10.6 Å². The van der Waals surface area contributed by atoms with Crippen molar-refractivity contribution in [1.82, 2.24) is 9.38 Å². The number of halogens is 2. The van der Waals surface area contributed by atoms with Crippen LogP contribution in [-0.2, 0) is 0 Å². The second kappa shape index (κ2) is 6.96. The van der Waals surface area contributed by atoms with Crippen LogP contribution in [0.25, 0.3) is 5.52 Å². The molecule has 2 fully saturated rings. The van der Waals surface area contributed by atoms with Crippen LogP contribution in [0.15, 0.2) is 42.9 Å². The third-order valence-electron chi connectivity index (χ3n) is 6.59. The zero-order valence-corrected chi connectivity index (χ0v) is 15.7. The normalized spacial score (nSPS) is 23.8. The predicted molar refractivity (Wildman–Crippen MR) is 103 cm³/mol. The lowest BCUT2D eigenvalue weighted by molar-refractivity contribution is 0.0754. The van der Waals surface area contributed by atoms with Crippen LogP contribution in [0.2, 0.25) is 0 Å². The molecule has 2 heterocycles. The van der Waals surface area contributed by atoms with E-state index in [-0.39, 0.29) is 11.8 Å². The molecule has 0 unspecified atom stereocenters. The molecule has 2 aliphatic rings. The van der Waals surface area contributed by atoms with Crippen LogP contribution in [-0.4, -0.2) is 14.5 Å².